The molecule has 2 atom stereocenters. The Morgan fingerprint density at radius 3 is 2.93 bits per heavy atom. The van der Waals surface area contributed by atoms with Crippen LogP contribution < -0.4 is 4.74 Å². The fourth-order valence-electron chi connectivity index (χ4n) is 2.25. The highest BCUT2D eigenvalue weighted by Gasteiger charge is 2.68. The predicted molar refractivity (Wildman–Crippen MR) is 53.5 cm³/mol. The van der Waals surface area contributed by atoms with Crippen LogP contribution in [0.25, 0.3) is 0 Å². The second-order valence-electron chi connectivity index (χ2n) is 4.48. The molecular formula is C12H11NO2. The Balaban J connectivity index is 2.18. The predicted octanol–water partition coefficient (Wildman–Crippen LogP) is 1.95. The van der Waals surface area contributed by atoms with E-state index in [4.69, 9.17) is 14.7 Å². The first-order chi connectivity index (χ1) is 7.09. The van der Waals surface area contributed by atoms with Gasteiger partial charge in [0.2, 0.25) is 0 Å². The Bertz CT molecular complexity index is 491. The highest BCUT2D eigenvalue weighted by atomic mass is 16.7. The van der Waals surface area contributed by atoms with Crippen molar-refractivity contribution in [1.29, 1.82) is 5.26 Å². The number of nitriles is 1. The molecule has 76 valence electrons. The van der Waals surface area contributed by atoms with E-state index in [0.717, 1.165) is 11.3 Å². The lowest BCUT2D eigenvalue weighted by molar-refractivity contribution is 0.205. The molecule has 3 rings (SSSR count). The minimum atomic E-state index is -0.270. The quantitative estimate of drug-likeness (QED) is 0.603. The van der Waals surface area contributed by atoms with Crippen molar-refractivity contribution in [3.05, 3.63) is 29.3 Å². The van der Waals surface area contributed by atoms with Crippen LogP contribution in [0.5, 0.6) is 5.75 Å². The van der Waals surface area contributed by atoms with Crippen LogP contribution in [0.3, 0.4) is 0 Å². The van der Waals surface area contributed by atoms with Crippen LogP contribution in [-0.2, 0) is 10.3 Å². The van der Waals surface area contributed by atoms with Crippen molar-refractivity contribution in [2.24, 2.45) is 0 Å². The summed E-state index contributed by atoms with van der Waals surface area (Å²) in [4.78, 5) is 0. The molecule has 0 N–H and O–H groups in total. The van der Waals surface area contributed by atoms with Gasteiger partial charge in [-0.05, 0) is 32.0 Å². The third-order valence-electron chi connectivity index (χ3n) is 3.52. The first-order valence-electron chi connectivity index (χ1n) is 4.97. The summed E-state index contributed by atoms with van der Waals surface area (Å²) in [5.74, 6) is 0.839. The number of nitrogens with zero attached hydrogens (tertiary/aromatic N) is 1. The number of hydrogen-bond acceptors (Lipinski definition) is 3. The highest BCUT2D eigenvalue weighted by Crippen LogP contribution is 2.60. The van der Waals surface area contributed by atoms with Gasteiger partial charge in [-0.25, -0.2) is 0 Å². The van der Waals surface area contributed by atoms with Gasteiger partial charge in [-0.1, -0.05) is 0 Å². The molecule has 0 aliphatic carbocycles. The lowest BCUT2D eigenvalue weighted by Crippen LogP contribution is -2.30. The van der Waals surface area contributed by atoms with Gasteiger partial charge < -0.3 is 9.47 Å². The summed E-state index contributed by atoms with van der Waals surface area (Å²) in [5, 5.41) is 8.86. The fourth-order valence-corrected chi connectivity index (χ4v) is 2.25. The van der Waals surface area contributed by atoms with E-state index in [9.17, 15) is 0 Å². The Labute approximate surface area is 88.2 Å². The Kier molecular flexibility index (Phi) is 1.37. The van der Waals surface area contributed by atoms with Crippen LogP contribution in [0.2, 0.25) is 0 Å². The number of fused-ring (bicyclic) bond motifs is 3. The smallest absolute Gasteiger partial charge is 0.133 e. The largest absolute Gasteiger partial charge is 0.490 e. The van der Waals surface area contributed by atoms with Gasteiger partial charge in [0, 0.05) is 5.56 Å². The molecule has 3 nitrogen and oxygen atoms in total. The lowest BCUT2D eigenvalue weighted by atomic mass is 9.86. The maximum atomic E-state index is 8.86. The molecule has 15 heavy (non-hydrogen) atoms. The molecule has 1 aromatic carbocycles. The van der Waals surface area contributed by atoms with Crippen molar-refractivity contribution in [2.75, 3.05) is 6.61 Å². The Morgan fingerprint density at radius 1 is 1.40 bits per heavy atom. The fraction of sp³-hybridized carbons (Fsp3) is 0.417. The summed E-state index contributed by atoms with van der Waals surface area (Å²) in [7, 11) is 0. The van der Waals surface area contributed by atoms with E-state index < -0.39 is 0 Å². The van der Waals surface area contributed by atoms with Crippen molar-refractivity contribution in [3.8, 4) is 11.8 Å². The zero-order valence-electron chi connectivity index (χ0n) is 8.70. The van der Waals surface area contributed by atoms with Gasteiger partial charge in [-0.3, -0.25) is 0 Å². The van der Waals surface area contributed by atoms with Gasteiger partial charge >= 0.3 is 0 Å². The molecule has 0 unspecified atom stereocenters. The molecule has 0 radical (unpaired) electrons. The molecule has 0 aromatic heterocycles. The average molecular weight is 201 g/mol. The zero-order valence-corrected chi connectivity index (χ0v) is 8.70. The zero-order chi connectivity index (χ0) is 10.7. The molecule has 0 amide bonds. The number of rotatable bonds is 0. The molecule has 1 saturated heterocycles. The molecule has 2 heterocycles. The summed E-state index contributed by atoms with van der Waals surface area (Å²) < 4.78 is 11.4. The van der Waals surface area contributed by atoms with Crippen LogP contribution in [0, 0.1) is 11.3 Å². The maximum absolute atomic E-state index is 8.86. The monoisotopic (exact) mass is 201 g/mol. The van der Waals surface area contributed by atoms with Crippen molar-refractivity contribution in [3.63, 3.8) is 0 Å². The van der Waals surface area contributed by atoms with Gasteiger partial charge in [0.15, 0.2) is 0 Å². The number of epoxide rings is 1. The molecule has 0 saturated carbocycles. The molecule has 2 aliphatic rings. The molecule has 1 aromatic rings. The number of benzene rings is 1. The second kappa shape index (κ2) is 2.34. The van der Waals surface area contributed by atoms with Crippen molar-refractivity contribution in [2.45, 2.75) is 25.0 Å². The van der Waals surface area contributed by atoms with Gasteiger partial charge in [-0.15, -0.1) is 0 Å². The molecular weight excluding hydrogens is 190 g/mol. The molecule has 2 aliphatic heterocycles. The van der Waals surface area contributed by atoms with E-state index in [-0.39, 0.29) is 11.2 Å². The molecule has 3 heteroatoms. The van der Waals surface area contributed by atoms with Crippen molar-refractivity contribution in [1.82, 2.24) is 0 Å². The second-order valence-corrected chi connectivity index (χ2v) is 4.48. The first kappa shape index (κ1) is 8.75. The van der Waals surface area contributed by atoms with E-state index in [1.165, 1.54) is 0 Å². The van der Waals surface area contributed by atoms with Gasteiger partial charge in [-0.2, -0.15) is 5.26 Å². The molecule has 1 fully saturated rings. The van der Waals surface area contributed by atoms with Crippen LogP contribution in [0.1, 0.15) is 25.0 Å². The lowest BCUT2D eigenvalue weighted by Gasteiger charge is -2.23. The van der Waals surface area contributed by atoms with Crippen LogP contribution in [-0.4, -0.2) is 12.2 Å². The van der Waals surface area contributed by atoms with Crippen LogP contribution in [0.15, 0.2) is 18.2 Å². The minimum Gasteiger partial charge on any atom is -0.490 e. The Morgan fingerprint density at radius 2 is 2.20 bits per heavy atom. The average Bonchev–Trinajstić information content (AvgIpc) is 2.82. The minimum absolute atomic E-state index is 0.214. The summed E-state index contributed by atoms with van der Waals surface area (Å²) >= 11 is 0. The van der Waals surface area contributed by atoms with Crippen molar-refractivity contribution >= 4 is 0 Å². The highest BCUT2D eigenvalue weighted by molar-refractivity contribution is 5.50. The summed E-state index contributed by atoms with van der Waals surface area (Å²) in [6, 6.07) is 7.61. The molecule has 0 spiro atoms. The number of ether oxygens (including phenoxy) is 2. The van der Waals surface area contributed by atoms with E-state index in [0.29, 0.717) is 12.2 Å². The topological polar surface area (TPSA) is 45.5 Å². The first-order valence-corrected chi connectivity index (χ1v) is 4.97. The van der Waals surface area contributed by atoms with E-state index >= 15 is 0 Å². The SMILES string of the molecule is C[C@@]12O[C@@]1(C)COc1ccc(C#N)cc12. The maximum Gasteiger partial charge on any atom is 0.133 e. The van der Waals surface area contributed by atoms with Crippen molar-refractivity contribution < 1.29 is 9.47 Å². The van der Waals surface area contributed by atoms with E-state index in [1.54, 1.807) is 6.07 Å². The van der Waals surface area contributed by atoms with Gasteiger partial charge in [0.05, 0.1) is 11.6 Å². The van der Waals surface area contributed by atoms with Gasteiger partial charge in [0.25, 0.3) is 0 Å². The summed E-state index contributed by atoms with van der Waals surface area (Å²) in [5.41, 5.74) is 1.16. The van der Waals surface area contributed by atoms with Gasteiger partial charge in [0.1, 0.15) is 23.6 Å². The summed E-state index contributed by atoms with van der Waals surface area (Å²) in [6.45, 7) is 4.67. The molecule has 0 bridgehead atoms. The number of hydrogen-bond donors (Lipinski definition) is 0. The standard InChI is InChI=1S/C12H11NO2/c1-11-7-14-10-4-3-8(6-13)5-9(10)12(11,2)15-11/h3-5H,7H2,1-2H3/t11-,12-/m0/s1. The van der Waals surface area contributed by atoms with E-state index in [2.05, 4.69) is 13.0 Å². The normalized spacial score (nSPS) is 35.8. The van der Waals surface area contributed by atoms with E-state index in [1.807, 2.05) is 19.1 Å². The third kappa shape index (κ3) is 0.924. The van der Waals surface area contributed by atoms with Crippen LogP contribution in [0.4, 0.5) is 0 Å². The summed E-state index contributed by atoms with van der Waals surface area (Å²) in [6.07, 6.45) is 0. The van der Waals surface area contributed by atoms with Crippen LogP contribution >= 0.6 is 0 Å². The Hall–Kier alpha value is -1.53. The third-order valence-corrected chi connectivity index (χ3v) is 3.52.